The van der Waals surface area contributed by atoms with Crippen LogP contribution in [0.4, 0.5) is 0 Å². The largest absolute Gasteiger partial charge is 0.497 e. The second-order valence-electron chi connectivity index (χ2n) is 7.02. The Morgan fingerprint density at radius 1 is 1.14 bits per heavy atom. The molecule has 0 atom stereocenters. The predicted molar refractivity (Wildman–Crippen MR) is 113 cm³/mol. The zero-order chi connectivity index (χ0) is 20.9. The minimum atomic E-state index is -3.74. The fourth-order valence-electron chi connectivity index (χ4n) is 2.88. The van der Waals surface area contributed by atoms with Gasteiger partial charge in [-0.2, -0.15) is 18.6 Å². The molecule has 0 aliphatic rings. The number of hydrogen-bond donors (Lipinski definition) is 2. The minimum Gasteiger partial charge on any atom is -0.497 e. The van der Waals surface area contributed by atoms with Crippen molar-refractivity contribution in [2.75, 3.05) is 7.11 Å². The maximum atomic E-state index is 12.5. The zero-order valence-electron chi connectivity index (χ0n) is 16.6. The molecule has 29 heavy (non-hydrogen) atoms. The summed E-state index contributed by atoms with van der Waals surface area (Å²) in [5, 5.41) is 10.8. The molecule has 0 bridgehead atoms. The van der Waals surface area contributed by atoms with E-state index in [1.165, 1.54) is 6.21 Å². The van der Waals surface area contributed by atoms with E-state index in [4.69, 9.17) is 4.74 Å². The first-order chi connectivity index (χ1) is 13.9. The lowest BCUT2D eigenvalue weighted by molar-refractivity contribution is 0.415. The van der Waals surface area contributed by atoms with Crippen LogP contribution in [0.15, 0.2) is 64.7 Å². The number of aromatic amines is 1. The van der Waals surface area contributed by atoms with E-state index < -0.39 is 10.0 Å². The Hall–Kier alpha value is -3.13. The second kappa shape index (κ2) is 8.91. The van der Waals surface area contributed by atoms with Gasteiger partial charge in [-0.15, -0.1) is 0 Å². The first kappa shape index (κ1) is 20.6. The highest BCUT2D eigenvalue weighted by Crippen LogP contribution is 2.22. The summed E-state index contributed by atoms with van der Waals surface area (Å²) in [5.41, 5.74) is 3.37. The number of methoxy groups -OCH3 is 1. The van der Waals surface area contributed by atoms with E-state index in [0.717, 1.165) is 29.0 Å². The highest BCUT2D eigenvalue weighted by molar-refractivity contribution is 7.89. The topological polar surface area (TPSA) is 96.4 Å². The van der Waals surface area contributed by atoms with Crippen molar-refractivity contribution in [2.45, 2.75) is 25.2 Å². The van der Waals surface area contributed by atoms with Gasteiger partial charge >= 0.3 is 0 Å². The predicted octanol–water partition coefficient (Wildman–Crippen LogP) is 3.60. The Morgan fingerprint density at radius 2 is 1.83 bits per heavy atom. The molecule has 2 N–H and O–H groups in total. The molecule has 0 fully saturated rings. The van der Waals surface area contributed by atoms with Crippen molar-refractivity contribution in [3.05, 3.63) is 65.9 Å². The van der Waals surface area contributed by atoms with E-state index in [1.807, 2.05) is 36.4 Å². The van der Waals surface area contributed by atoms with Crippen molar-refractivity contribution in [3.8, 4) is 17.0 Å². The molecule has 0 spiro atoms. The van der Waals surface area contributed by atoms with E-state index in [9.17, 15) is 8.42 Å². The molecule has 3 rings (SSSR count). The number of aromatic nitrogens is 2. The van der Waals surface area contributed by atoms with Gasteiger partial charge in [-0.3, -0.25) is 5.10 Å². The standard InChI is InChI=1S/C21H24N4O3S/c1-15(2)12-16-4-10-20(11-5-16)29(26,27)25-23-14-18-13-22-24-21(18)17-6-8-19(28-3)9-7-17/h4-11,13-15,25H,12H2,1-3H3,(H,22,24)/b23-14-. The zero-order valence-corrected chi connectivity index (χ0v) is 17.4. The van der Waals surface area contributed by atoms with Crippen molar-refractivity contribution < 1.29 is 13.2 Å². The summed E-state index contributed by atoms with van der Waals surface area (Å²) >= 11 is 0. The molecule has 152 valence electrons. The van der Waals surface area contributed by atoms with Gasteiger partial charge in [0.25, 0.3) is 10.0 Å². The molecule has 2 aromatic carbocycles. The number of nitrogens with one attached hydrogen (secondary N) is 2. The molecule has 0 aliphatic heterocycles. The van der Waals surface area contributed by atoms with Crippen LogP contribution < -0.4 is 9.57 Å². The molecule has 7 nitrogen and oxygen atoms in total. The number of nitrogens with zero attached hydrogens (tertiary/aromatic N) is 2. The van der Waals surface area contributed by atoms with Gasteiger partial charge in [0.15, 0.2) is 0 Å². The van der Waals surface area contributed by atoms with Gasteiger partial charge in [-0.25, -0.2) is 4.83 Å². The van der Waals surface area contributed by atoms with Crippen LogP contribution in [-0.2, 0) is 16.4 Å². The Kier molecular flexibility index (Phi) is 6.33. The summed E-state index contributed by atoms with van der Waals surface area (Å²) in [6.45, 7) is 4.24. The highest BCUT2D eigenvalue weighted by Gasteiger charge is 2.13. The number of rotatable bonds is 8. The quantitative estimate of drug-likeness (QED) is 0.436. The molecule has 1 aromatic heterocycles. The molecule has 0 aliphatic carbocycles. The molecule has 0 saturated heterocycles. The Balaban J connectivity index is 1.71. The normalized spacial score (nSPS) is 11.9. The SMILES string of the molecule is COc1ccc(-c2[nH]ncc2/C=N\NS(=O)(=O)c2ccc(CC(C)C)cc2)cc1. The van der Waals surface area contributed by atoms with Crippen LogP contribution in [0.25, 0.3) is 11.3 Å². The van der Waals surface area contributed by atoms with E-state index >= 15 is 0 Å². The van der Waals surface area contributed by atoms with Crippen LogP contribution in [-0.4, -0.2) is 31.9 Å². The maximum Gasteiger partial charge on any atom is 0.276 e. The molecular weight excluding hydrogens is 388 g/mol. The summed E-state index contributed by atoms with van der Waals surface area (Å²) in [6.07, 6.45) is 3.91. The summed E-state index contributed by atoms with van der Waals surface area (Å²) < 4.78 is 30.1. The number of sulfonamides is 1. The van der Waals surface area contributed by atoms with Crippen LogP contribution in [0.3, 0.4) is 0 Å². The summed E-state index contributed by atoms with van der Waals surface area (Å²) in [4.78, 5) is 2.42. The van der Waals surface area contributed by atoms with Crippen LogP contribution in [0, 0.1) is 5.92 Å². The molecule has 0 amide bonds. The van der Waals surface area contributed by atoms with Crippen LogP contribution in [0.2, 0.25) is 0 Å². The lowest BCUT2D eigenvalue weighted by atomic mass is 10.0. The molecule has 0 unspecified atom stereocenters. The van der Waals surface area contributed by atoms with Gasteiger partial charge in [0.1, 0.15) is 5.75 Å². The van der Waals surface area contributed by atoms with Crippen molar-refractivity contribution in [2.24, 2.45) is 11.0 Å². The Morgan fingerprint density at radius 3 is 2.45 bits per heavy atom. The minimum absolute atomic E-state index is 0.171. The number of hydrazone groups is 1. The van der Waals surface area contributed by atoms with Crippen molar-refractivity contribution in [3.63, 3.8) is 0 Å². The third-order valence-electron chi connectivity index (χ3n) is 4.30. The van der Waals surface area contributed by atoms with Crippen LogP contribution in [0.5, 0.6) is 5.75 Å². The molecule has 1 heterocycles. The molecular formula is C21H24N4O3S. The molecule has 8 heteroatoms. The molecule has 3 aromatic rings. The van der Waals surface area contributed by atoms with Crippen molar-refractivity contribution >= 4 is 16.2 Å². The lowest BCUT2D eigenvalue weighted by Gasteiger charge is -2.07. The van der Waals surface area contributed by atoms with E-state index in [0.29, 0.717) is 11.5 Å². The smallest absolute Gasteiger partial charge is 0.276 e. The van der Waals surface area contributed by atoms with Crippen molar-refractivity contribution in [1.29, 1.82) is 0 Å². The molecule has 0 saturated carbocycles. The van der Waals surface area contributed by atoms with Gasteiger partial charge in [-0.1, -0.05) is 26.0 Å². The van der Waals surface area contributed by atoms with Gasteiger partial charge in [0.05, 0.1) is 30.1 Å². The number of ether oxygens (including phenoxy) is 1. The van der Waals surface area contributed by atoms with Gasteiger partial charge < -0.3 is 4.74 Å². The number of hydrogen-bond acceptors (Lipinski definition) is 5. The number of benzene rings is 2. The maximum absolute atomic E-state index is 12.5. The fraction of sp³-hybridized carbons (Fsp3) is 0.238. The van der Waals surface area contributed by atoms with Crippen LogP contribution in [0.1, 0.15) is 25.0 Å². The fourth-order valence-corrected chi connectivity index (χ4v) is 3.67. The number of H-pyrrole nitrogens is 1. The van der Waals surface area contributed by atoms with E-state index in [1.54, 1.807) is 25.4 Å². The third-order valence-corrected chi connectivity index (χ3v) is 5.54. The van der Waals surface area contributed by atoms with E-state index in [2.05, 4.69) is 34.0 Å². The average molecular weight is 413 g/mol. The third kappa shape index (κ3) is 5.23. The monoisotopic (exact) mass is 412 g/mol. The Labute approximate surface area is 170 Å². The first-order valence-electron chi connectivity index (χ1n) is 9.20. The van der Waals surface area contributed by atoms with E-state index in [-0.39, 0.29) is 4.90 Å². The summed E-state index contributed by atoms with van der Waals surface area (Å²) in [6, 6.07) is 14.3. The average Bonchev–Trinajstić information content (AvgIpc) is 3.16. The molecule has 0 radical (unpaired) electrons. The van der Waals surface area contributed by atoms with Gasteiger partial charge in [-0.05, 0) is 54.3 Å². The van der Waals surface area contributed by atoms with Gasteiger partial charge in [0.2, 0.25) is 0 Å². The highest BCUT2D eigenvalue weighted by atomic mass is 32.2. The summed E-state index contributed by atoms with van der Waals surface area (Å²) in [5.74, 6) is 1.26. The lowest BCUT2D eigenvalue weighted by Crippen LogP contribution is -2.18. The second-order valence-corrected chi connectivity index (χ2v) is 8.68. The van der Waals surface area contributed by atoms with Gasteiger partial charge in [0, 0.05) is 11.1 Å². The first-order valence-corrected chi connectivity index (χ1v) is 10.7. The Bertz CT molecular complexity index is 1070. The summed E-state index contributed by atoms with van der Waals surface area (Å²) in [7, 11) is -2.14. The van der Waals surface area contributed by atoms with Crippen LogP contribution >= 0.6 is 0 Å². The van der Waals surface area contributed by atoms with Crippen molar-refractivity contribution in [1.82, 2.24) is 15.0 Å².